The molecule has 24 heavy (non-hydrogen) atoms. The van der Waals surface area contributed by atoms with Gasteiger partial charge in [0, 0.05) is 3.57 Å². The Hall–Kier alpha value is -1.45. The van der Waals surface area contributed by atoms with Gasteiger partial charge in [0.25, 0.3) is 10.1 Å². The van der Waals surface area contributed by atoms with Crippen LogP contribution in [0.15, 0.2) is 41.3 Å². The summed E-state index contributed by atoms with van der Waals surface area (Å²) in [7, 11) is -4.34. The van der Waals surface area contributed by atoms with Gasteiger partial charge in [-0.25, -0.2) is 4.79 Å². The molecular formula is C17H17IO5S. The van der Waals surface area contributed by atoms with Gasteiger partial charge in [-0.05, 0) is 83.0 Å². The molecule has 0 heterocycles. The van der Waals surface area contributed by atoms with Crippen LogP contribution in [0.4, 0.5) is 0 Å². The third-order valence-electron chi connectivity index (χ3n) is 3.49. The first-order chi connectivity index (χ1) is 11.1. The molecule has 0 atom stereocenters. The maximum Gasteiger partial charge on any atom is 0.343 e. The number of ether oxygens (including phenoxy) is 1. The fourth-order valence-electron chi connectivity index (χ4n) is 2.21. The van der Waals surface area contributed by atoms with Crippen LogP contribution in [0.5, 0.6) is 5.75 Å². The summed E-state index contributed by atoms with van der Waals surface area (Å²) in [6.07, 6.45) is 0. The third-order valence-corrected chi connectivity index (χ3v) is 5.12. The van der Waals surface area contributed by atoms with Crippen molar-refractivity contribution in [1.29, 1.82) is 0 Å². The van der Waals surface area contributed by atoms with E-state index in [1.807, 2.05) is 0 Å². The predicted molar refractivity (Wildman–Crippen MR) is 99.2 cm³/mol. The monoisotopic (exact) mass is 460 g/mol. The number of hydrogen-bond acceptors (Lipinski definition) is 4. The lowest BCUT2D eigenvalue weighted by Crippen LogP contribution is -2.11. The standard InChI is InChI=1S/C17H17IO5S/c1-10(2)14-9-15(11(3)8-16(14)24(20,21)22)23-17(19)12-4-6-13(18)7-5-12/h4-10H,1-3H3,(H,20,21,22). The summed E-state index contributed by atoms with van der Waals surface area (Å²) < 4.78 is 38.9. The number of esters is 1. The molecule has 2 aromatic rings. The highest BCUT2D eigenvalue weighted by Crippen LogP contribution is 2.31. The van der Waals surface area contributed by atoms with Crippen molar-refractivity contribution < 1.29 is 22.5 Å². The quantitative estimate of drug-likeness (QED) is 0.321. The number of carbonyl (C=O) groups excluding carboxylic acids is 1. The molecule has 0 radical (unpaired) electrons. The van der Waals surface area contributed by atoms with E-state index in [4.69, 9.17) is 4.74 Å². The molecule has 0 fully saturated rings. The zero-order valence-electron chi connectivity index (χ0n) is 13.4. The van der Waals surface area contributed by atoms with E-state index in [1.165, 1.54) is 12.1 Å². The molecule has 7 heteroatoms. The zero-order chi connectivity index (χ0) is 18.1. The second-order valence-corrected chi connectivity index (χ2v) is 8.32. The first-order valence-electron chi connectivity index (χ1n) is 7.19. The van der Waals surface area contributed by atoms with Gasteiger partial charge in [-0.1, -0.05) is 13.8 Å². The molecule has 2 rings (SSSR count). The topological polar surface area (TPSA) is 80.7 Å². The Morgan fingerprint density at radius 3 is 2.25 bits per heavy atom. The summed E-state index contributed by atoms with van der Waals surface area (Å²) in [5.41, 5.74) is 1.25. The number of benzene rings is 2. The molecule has 0 bridgehead atoms. The van der Waals surface area contributed by atoms with Crippen molar-refractivity contribution in [2.24, 2.45) is 0 Å². The summed E-state index contributed by atoms with van der Waals surface area (Å²) in [6, 6.07) is 9.73. The SMILES string of the molecule is Cc1cc(S(=O)(=O)O)c(C(C)C)cc1OC(=O)c1ccc(I)cc1. The van der Waals surface area contributed by atoms with E-state index < -0.39 is 16.1 Å². The average Bonchev–Trinajstić information content (AvgIpc) is 2.48. The molecule has 0 spiro atoms. The van der Waals surface area contributed by atoms with Gasteiger partial charge in [0.2, 0.25) is 0 Å². The molecule has 0 saturated carbocycles. The lowest BCUT2D eigenvalue weighted by atomic mass is 10.0. The van der Waals surface area contributed by atoms with Gasteiger partial charge in [-0.2, -0.15) is 8.42 Å². The first-order valence-corrected chi connectivity index (χ1v) is 9.71. The molecule has 2 aromatic carbocycles. The fourth-order valence-corrected chi connectivity index (χ4v) is 3.48. The van der Waals surface area contributed by atoms with Crippen molar-refractivity contribution in [3.05, 3.63) is 56.7 Å². The molecule has 1 N–H and O–H groups in total. The smallest absolute Gasteiger partial charge is 0.343 e. The van der Waals surface area contributed by atoms with E-state index in [1.54, 1.807) is 45.0 Å². The molecule has 0 unspecified atom stereocenters. The minimum Gasteiger partial charge on any atom is -0.423 e. The molecule has 0 aromatic heterocycles. The summed E-state index contributed by atoms with van der Waals surface area (Å²) in [4.78, 5) is 12.1. The van der Waals surface area contributed by atoms with Crippen molar-refractivity contribution in [1.82, 2.24) is 0 Å². The van der Waals surface area contributed by atoms with Crippen LogP contribution in [0.3, 0.4) is 0 Å². The average molecular weight is 460 g/mol. The molecule has 0 aliphatic heterocycles. The van der Waals surface area contributed by atoms with Crippen LogP contribution < -0.4 is 4.74 Å². The van der Waals surface area contributed by atoms with Gasteiger partial charge >= 0.3 is 5.97 Å². The summed E-state index contributed by atoms with van der Waals surface area (Å²) in [6.45, 7) is 5.21. The van der Waals surface area contributed by atoms with E-state index in [2.05, 4.69) is 22.6 Å². The van der Waals surface area contributed by atoms with Gasteiger partial charge in [0.05, 0.1) is 10.5 Å². The minimum absolute atomic E-state index is 0.163. The summed E-state index contributed by atoms with van der Waals surface area (Å²) in [5, 5.41) is 0. The van der Waals surface area contributed by atoms with Crippen LogP contribution in [-0.2, 0) is 10.1 Å². The number of hydrogen-bond donors (Lipinski definition) is 1. The van der Waals surface area contributed by atoms with Crippen molar-refractivity contribution in [3.8, 4) is 5.75 Å². The maximum absolute atomic E-state index is 12.2. The fraction of sp³-hybridized carbons (Fsp3) is 0.235. The highest BCUT2D eigenvalue weighted by Gasteiger charge is 2.21. The van der Waals surface area contributed by atoms with Crippen molar-refractivity contribution >= 4 is 38.7 Å². The van der Waals surface area contributed by atoms with Gasteiger partial charge in [-0.15, -0.1) is 0 Å². The van der Waals surface area contributed by atoms with Crippen LogP contribution in [0.2, 0.25) is 0 Å². The highest BCUT2D eigenvalue weighted by atomic mass is 127. The largest absolute Gasteiger partial charge is 0.423 e. The van der Waals surface area contributed by atoms with Crippen molar-refractivity contribution in [2.45, 2.75) is 31.6 Å². The zero-order valence-corrected chi connectivity index (χ0v) is 16.4. The van der Waals surface area contributed by atoms with Crippen molar-refractivity contribution in [3.63, 3.8) is 0 Å². The Morgan fingerprint density at radius 2 is 1.75 bits per heavy atom. The van der Waals surface area contributed by atoms with Crippen LogP contribution in [0.1, 0.15) is 41.3 Å². The van der Waals surface area contributed by atoms with Crippen molar-refractivity contribution in [2.75, 3.05) is 0 Å². The van der Waals surface area contributed by atoms with Crippen LogP contribution in [0, 0.1) is 10.5 Å². The Bertz CT molecular complexity index is 871. The number of halogens is 1. The Balaban J connectivity index is 2.42. The van der Waals surface area contributed by atoms with E-state index in [9.17, 15) is 17.8 Å². The van der Waals surface area contributed by atoms with E-state index in [-0.39, 0.29) is 16.6 Å². The van der Waals surface area contributed by atoms with Crippen LogP contribution in [0.25, 0.3) is 0 Å². The van der Waals surface area contributed by atoms with Crippen LogP contribution >= 0.6 is 22.6 Å². The second-order valence-electron chi connectivity index (χ2n) is 5.68. The molecule has 128 valence electrons. The van der Waals surface area contributed by atoms with Gasteiger partial charge in [0.1, 0.15) is 5.75 Å². The van der Waals surface area contributed by atoms with Crippen LogP contribution in [-0.4, -0.2) is 18.9 Å². The molecular weight excluding hydrogens is 443 g/mol. The predicted octanol–water partition coefficient (Wildman–Crippen LogP) is 4.19. The van der Waals surface area contributed by atoms with E-state index in [0.717, 1.165) is 3.57 Å². The van der Waals surface area contributed by atoms with Gasteiger partial charge in [0.15, 0.2) is 0 Å². The first kappa shape index (κ1) is 18.9. The van der Waals surface area contributed by atoms with Gasteiger partial charge in [-0.3, -0.25) is 4.55 Å². The number of rotatable bonds is 4. The molecule has 5 nitrogen and oxygen atoms in total. The highest BCUT2D eigenvalue weighted by molar-refractivity contribution is 14.1. The molecule has 0 aliphatic carbocycles. The Morgan fingerprint density at radius 1 is 1.17 bits per heavy atom. The normalized spacial score (nSPS) is 11.6. The summed E-state index contributed by atoms with van der Waals surface area (Å²) >= 11 is 2.14. The number of aryl methyl sites for hydroxylation is 1. The maximum atomic E-state index is 12.2. The lowest BCUT2D eigenvalue weighted by Gasteiger charge is -2.15. The third kappa shape index (κ3) is 4.34. The molecule has 0 saturated heterocycles. The number of carbonyl (C=O) groups is 1. The second kappa shape index (κ2) is 7.20. The minimum atomic E-state index is -4.34. The van der Waals surface area contributed by atoms with E-state index >= 15 is 0 Å². The van der Waals surface area contributed by atoms with E-state index in [0.29, 0.717) is 16.7 Å². The lowest BCUT2D eigenvalue weighted by molar-refractivity contribution is 0.0733. The summed E-state index contributed by atoms with van der Waals surface area (Å²) in [5.74, 6) is -0.420. The Kier molecular flexibility index (Phi) is 5.67. The Labute approximate surface area is 154 Å². The molecule has 0 amide bonds. The molecule has 0 aliphatic rings. The van der Waals surface area contributed by atoms with Gasteiger partial charge < -0.3 is 4.74 Å².